The van der Waals surface area contributed by atoms with Crippen molar-refractivity contribution in [3.8, 4) is 0 Å². The van der Waals surface area contributed by atoms with E-state index in [1.807, 2.05) is 6.92 Å². The molecule has 0 saturated carbocycles. The predicted octanol–water partition coefficient (Wildman–Crippen LogP) is 0.861. The molecule has 3 heterocycles. The maximum atomic E-state index is 9.78. The molecule has 3 rings (SSSR count). The predicted molar refractivity (Wildman–Crippen MR) is 57.2 cm³/mol. The molecule has 0 aromatic heterocycles. The number of aliphatic hydroxyl groups is 1. The van der Waals surface area contributed by atoms with Crippen LogP contribution in [0.3, 0.4) is 0 Å². The van der Waals surface area contributed by atoms with Crippen LogP contribution in [0.1, 0.15) is 32.6 Å². The smallest absolute Gasteiger partial charge is 0.0868 e. The summed E-state index contributed by atoms with van der Waals surface area (Å²) in [6, 6.07) is 0. The highest BCUT2D eigenvalue weighted by atomic mass is 16.6. The zero-order chi connectivity index (χ0) is 11.1. The third-order valence-electron chi connectivity index (χ3n) is 4.01. The van der Waals surface area contributed by atoms with E-state index in [2.05, 4.69) is 0 Å². The Morgan fingerprint density at radius 1 is 1.00 bits per heavy atom. The van der Waals surface area contributed by atoms with E-state index < -0.39 is 0 Å². The average Bonchev–Trinajstić information content (AvgIpc) is 2.28. The van der Waals surface area contributed by atoms with Crippen molar-refractivity contribution in [2.24, 2.45) is 0 Å². The van der Waals surface area contributed by atoms with Gasteiger partial charge in [0.2, 0.25) is 0 Å². The van der Waals surface area contributed by atoms with Crippen LogP contribution < -0.4 is 0 Å². The lowest BCUT2D eigenvalue weighted by molar-refractivity contribution is -0.256. The molecule has 0 amide bonds. The highest BCUT2D eigenvalue weighted by Crippen LogP contribution is 2.35. The van der Waals surface area contributed by atoms with Crippen LogP contribution in [0.25, 0.3) is 0 Å². The van der Waals surface area contributed by atoms with Crippen LogP contribution in [0.5, 0.6) is 0 Å². The third-order valence-corrected chi connectivity index (χ3v) is 4.01. The number of rotatable bonds is 0. The molecule has 0 spiro atoms. The zero-order valence-electron chi connectivity index (χ0n) is 9.67. The van der Waals surface area contributed by atoms with Crippen LogP contribution in [-0.2, 0) is 14.2 Å². The van der Waals surface area contributed by atoms with E-state index in [9.17, 15) is 5.11 Å². The average molecular weight is 228 g/mol. The van der Waals surface area contributed by atoms with Crippen molar-refractivity contribution < 1.29 is 19.3 Å². The summed E-state index contributed by atoms with van der Waals surface area (Å²) >= 11 is 0. The van der Waals surface area contributed by atoms with E-state index in [4.69, 9.17) is 14.2 Å². The first kappa shape index (κ1) is 11.0. The topological polar surface area (TPSA) is 47.9 Å². The van der Waals surface area contributed by atoms with Crippen molar-refractivity contribution in [1.29, 1.82) is 0 Å². The van der Waals surface area contributed by atoms with Gasteiger partial charge in [-0.2, -0.15) is 0 Å². The van der Waals surface area contributed by atoms with Crippen molar-refractivity contribution in [3.05, 3.63) is 0 Å². The van der Waals surface area contributed by atoms with Gasteiger partial charge >= 0.3 is 0 Å². The molecule has 4 nitrogen and oxygen atoms in total. The molecule has 4 heteroatoms. The standard InChI is InChI=1S/C12H20O4/c1-7-8(13)5-11-12(15-7)6-10-9(16-11)3-2-4-14-10/h7-13H,2-6H2,1H3/t7?,8-,9-,10+,11+,12-/m1/s1. The molecule has 3 aliphatic heterocycles. The zero-order valence-corrected chi connectivity index (χ0v) is 9.67. The molecule has 3 aliphatic rings. The Labute approximate surface area is 95.9 Å². The molecule has 0 radical (unpaired) electrons. The quantitative estimate of drug-likeness (QED) is 0.668. The Hall–Kier alpha value is -0.160. The van der Waals surface area contributed by atoms with Gasteiger partial charge in [0.05, 0.1) is 36.6 Å². The molecule has 16 heavy (non-hydrogen) atoms. The molecule has 6 atom stereocenters. The Morgan fingerprint density at radius 3 is 2.69 bits per heavy atom. The lowest BCUT2D eigenvalue weighted by atomic mass is 9.88. The van der Waals surface area contributed by atoms with Crippen LogP contribution in [-0.4, -0.2) is 48.3 Å². The van der Waals surface area contributed by atoms with Gasteiger partial charge in [-0.1, -0.05) is 0 Å². The molecule has 0 bridgehead atoms. The summed E-state index contributed by atoms with van der Waals surface area (Å²) in [7, 11) is 0. The molecule has 1 unspecified atom stereocenters. The van der Waals surface area contributed by atoms with Crippen molar-refractivity contribution in [2.45, 2.75) is 69.2 Å². The van der Waals surface area contributed by atoms with E-state index in [1.165, 1.54) is 0 Å². The van der Waals surface area contributed by atoms with E-state index >= 15 is 0 Å². The number of ether oxygens (including phenoxy) is 3. The maximum absolute atomic E-state index is 9.78. The van der Waals surface area contributed by atoms with Crippen LogP contribution >= 0.6 is 0 Å². The molecule has 0 aromatic carbocycles. The lowest BCUT2D eigenvalue weighted by Crippen LogP contribution is -2.56. The molecular formula is C12H20O4. The van der Waals surface area contributed by atoms with Crippen molar-refractivity contribution in [2.75, 3.05) is 6.61 Å². The van der Waals surface area contributed by atoms with Gasteiger partial charge in [-0.05, 0) is 19.8 Å². The SMILES string of the molecule is CC1O[C@@H]2C[C@@H]3OCCC[C@H]3O[C@H]2C[C@H]1O. The summed E-state index contributed by atoms with van der Waals surface area (Å²) in [6.07, 6.45) is 3.93. The Balaban J connectivity index is 1.69. The van der Waals surface area contributed by atoms with Gasteiger partial charge in [-0.25, -0.2) is 0 Å². The van der Waals surface area contributed by atoms with Gasteiger partial charge in [0, 0.05) is 19.4 Å². The van der Waals surface area contributed by atoms with Crippen molar-refractivity contribution in [3.63, 3.8) is 0 Å². The largest absolute Gasteiger partial charge is 0.390 e. The van der Waals surface area contributed by atoms with Crippen LogP contribution in [0.2, 0.25) is 0 Å². The minimum Gasteiger partial charge on any atom is -0.390 e. The third kappa shape index (κ3) is 1.88. The van der Waals surface area contributed by atoms with Gasteiger partial charge in [-0.3, -0.25) is 0 Å². The fourth-order valence-corrected chi connectivity index (χ4v) is 3.03. The first-order valence-corrected chi connectivity index (χ1v) is 6.34. The highest BCUT2D eigenvalue weighted by Gasteiger charge is 2.45. The monoisotopic (exact) mass is 228 g/mol. The Bertz CT molecular complexity index is 231. The number of fused-ring (bicyclic) bond motifs is 2. The van der Waals surface area contributed by atoms with Crippen molar-refractivity contribution >= 4 is 0 Å². The van der Waals surface area contributed by atoms with E-state index in [1.54, 1.807) is 0 Å². The minimum atomic E-state index is -0.387. The normalized spacial score (nSPS) is 52.9. The van der Waals surface area contributed by atoms with E-state index in [0.29, 0.717) is 6.42 Å². The summed E-state index contributed by atoms with van der Waals surface area (Å²) in [5.74, 6) is 0. The van der Waals surface area contributed by atoms with Crippen LogP contribution in [0.15, 0.2) is 0 Å². The second kappa shape index (κ2) is 4.26. The van der Waals surface area contributed by atoms with Gasteiger partial charge in [-0.15, -0.1) is 0 Å². The van der Waals surface area contributed by atoms with Crippen molar-refractivity contribution in [1.82, 2.24) is 0 Å². The summed E-state index contributed by atoms with van der Waals surface area (Å²) < 4.78 is 17.5. The molecular weight excluding hydrogens is 208 g/mol. The second-order valence-corrected chi connectivity index (χ2v) is 5.18. The number of hydrogen-bond donors (Lipinski definition) is 1. The molecule has 92 valence electrons. The molecule has 3 saturated heterocycles. The Kier molecular flexibility index (Phi) is 2.92. The van der Waals surface area contributed by atoms with Gasteiger partial charge in [0.1, 0.15) is 0 Å². The molecule has 0 aromatic rings. The highest BCUT2D eigenvalue weighted by molar-refractivity contribution is 4.93. The lowest BCUT2D eigenvalue weighted by Gasteiger charge is -2.47. The maximum Gasteiger partial charge on any atom is 0.0868 e. The Morgan fingerprint density at radius 2 is 1.81 bits per heavy atom. The molecule has 1 N–H and O–H groups in total. The first-order chi connectivity index (χ1) is 7.74. The van der Waals surface area contributed by atoms with E-state index in [0.717, 1.165) is 25.9 Å². The second-order valence-electron chi connectivity index (χ2n) is 5.18. The summed E-state index contributed by atoms with van der Waals surface area (Å²) in [4.78, 5) is 0. The number of aliphatic hydroxyl groups excluding tert-OH is 1. The van der Waals surface area contributed by atoms with Crippen LogP contribution in [0.4, 0.5) is 0 Å². The summed E-state index contributed by atoms with van der Waals surface area (Å²) in [5, 5.41) is 9.78. The van der Waals surface area contributed by atoms with Gasteiger partial charge in [0.15, 0.2) is 0 Å². The summed E-state index contributed by atoms with van der Waals surface area (Å²) in [5.41, 5.74) is 0. The molecule has 0 aliphatic carbocycles. The van der Waals surface area contributed by atoms with Crippen LogP contribution in [0, 0.1) is 0 Å². The van der Waals surface area contributed by atoms with Gasteiger partial charge < -0.3 is 19.3 Å². The first-order valence-electron chi connectivity index (χ1n) is 6.34. The summed E-state index contributed by atoms with van der Waals surface area (Å²) in [6.45, 7) is 2.77. The van der Waals surface area contributed by atoms with E-state index in [-0.39, 0.29) is 36.6 Å². The fourth-order valence-electron chi connectivity index (χ4n) is 3.03. The fraction of sp³-hybridized carbons (Fsp3) is 1.00. The molecule has 3 fully saturated rings. The van der Waals surface area contributed by atoms with Gasteiger partial charge in [0.25, 0.3) is 0 Å². The minimum absolute atomic E-state index is 0.0640. The number of hydrogen-bond acceptors (Lipinski definition) is 4.